The molecule has 34 nitrogen and oxygen atoms in total. The van der Waals surface area contributed by atoms with Crippen LogP contribution in [0.15, 0.2) is 180 Å². The fourth-order valence-electron chi connectivity index (χ4n) is 8.44. The van der Waals surface area contributed by atoms with Crippen LogP contribution in [0.1, 0.15) is 63.7 Å². The number of Topliss-reactive ketones (excluding diaryl/α,β-unsaturated/α-hetero) is 4. The predicted octanol–water partition coefficient (Wildman–Crippen LogP) is 2.40. The van der Waals surface area contributed by atoms with E-state index in [2.05, 4.69) is 57.2 Å². The van der Waals surface area contributed by atoms with E-state index in [9.17, 15) is 79.3 Å². The molecule has 0 bridgehead atoms. The summed E-state index contributed by atoms with van der Waals surface area (Å²) in [5.74, 6) is -2.93. The van der Waals surface area contributed by atoms with E-state index >= 15 is 0 Å². The molecule has 0 aliphatic heterocycles. The van der Waals surface area contributed by atoms with Gasteiger partial charge in [-0.2, -0.15) is 49.2 Å². The number of hydrogen-bond donors (Lipinski definition) is 3. The Bertz CT molecular complexity index is 5090. The second-order valence-electron chi connectivity index (χ2n) is 19.0. The maximum absolute atomic E-state index is 11.9. The fourth-order valence-corrected chi connectivity index (χ4v) is 13.6. The second kappa shape index (κ2) is 32.8. The molecule has 4 aromatic carbocycles. The monoisotopic (exact) mass is 1470 g/mol. The molecule has 0 spiro atoms. The van der Waals surface area contributed by atoms with Gasteiger partial charge in [0.15, 0.2) is 5.78 Å². The molecule has 6 aliphatic carbocycles. The Morgan fingerprint density at radius 1 is 0.323 bits per heavy atom. The van der Waals surface area contributed by atoms with Crippen molar-refractivity contribution in [2.75, 3.05) is 42.5 Å². The summed E-state index contributed by atoms with van der Waals surface area (Å²) in [5.41, 5.74) is 43.6. The minimum atomic E-state index is -3.98. The number of fused-ring (bicyclic) bond motifs is 4. The van der Waals surface area contributed by atoms with Crippen molar-refractivity contribution in [3.63, 3.8) is 0 Å². The highest BCUT2D eigenvalue weighted by molar-refractivity contribution is 7.99. The average molecular weight is 1470 g/mol. The van der Waals surface area contributed by atoms with Crippen molar-refractivity contribution in [2.45, 2.75) is 0 Å². The van der Waals surface area contributed by atoms with Crippen LogP contribution in [-0.4, -0.2) is 180 Å². The normalized spacial score (nSPS) is 15.4. The summed E-state index contributed by atoms with van der Waals surface area (Å²) in [5, 5.41) is 0. The van der Waals surface area contributed by atoms with Crippen LogP contribution in [0.3, 0.4) is 0 Å². The number of nitrogens with one attached hydrogen (secondary N) is 3. The van der Waals surface area contributed by atoms with E-state index in [-0.39, 0.29) is 97.2 Å². The van der Waals surface area contributed by atoms with Gasteiger partial charge in [0.25, 0.3) is 59.3 Å². The minimum absolute atomic E-state index is 0.0835. The van der Waals surface area contributed by atoms with Crippen molar-refractivity contribution in [2.24, 2.45) is 0 Å². The van der Waals surface area contributed by atoms with Gasteiger partial charge in [-0.25, -0.2) is 39.4 Å². The van der Waals surface area contributed by atoms with E-state index < -0.39 is 89.3 Å². The van der Waals surface area contributed by atoms with Crippen molar-refractivity contribution in [3.05, 3.63) is 252 Å². The molecule has 3 N–H and O–H groups in total. The molecule has 99 heavy (non-hydrogen) atoms. The standard InChI is InChI=1S/C12H11NO3S.C11H9N3O3S.2C11H8N2O4S.C7H7N3O3S.C7H6N2O4S/c1-8-7-11(17(15,16)13-2)9-5-3-4-6-10(9)12(8)14;1-13-18(16,17)10-6-9(14-12)11(15)8-5-3-2-4-7(8)10;2*1-17-18(15,16)10-6-9(13-12)11(14)8-5-3-2-4-7(8)10;1-9-14(12,13)5-2-3-7(11)6(4-5)10-8;1-13-14(11,12)5-2-3-7(10)6(4-5)9-8/h3-7,13H,1H2,2H3;2-6,13H,1H3;2*2-6H,1H3;2-4,9H,1H3;2-4H,1H3. The third-order valence-electron chi connectivity index (χ3n) is 13.4. The molecule has 6 aliphatic rings. The molecule has 4 aromatic rings. The van der Waals surface area contributed by atoms with E-state index in [1.54, 1.807) is 60.7 Å². The largest absolute Gasteiger partial charge is 0.364 e. The number of carbonyl (C=O) groups excluding carboxylic acids is 6. The van der Waals surface area contributed by atoms with Gasteiger partial charge in [0.05, 0.1) is 66.4 Å². The molecule has 0 aromatic heterocycles. The zero-order chi connectivity index (χ0) is 74.2. The molecule has 0 amide bonds. The van der Waals surface area contributed by atoms with Gasteiger partial charge in [0.2, 0.25) is 30.1 Å². The highest BCUT2D eigenvalue weighted by atomic mass is 32.2. The quantitative estimate of drug-likeness (QED) is 0.0602. The molecule has 0 unspecified atom stereocenters. The molecule has 512 valence electrons. The zero-order valence-corrected chi connectivity index (χ0v) is 56.6. The molecule has 0 atom stereocenters. The molecule has 40 heteroatoms. The number of carbonyl (C=O) groups is 6. The third kappa shape index (κ3) is 17.9. The van der Waals surface area contributed by atoms with Crippen LogP contribution < -0.4 is 14.2 Å². The van der Waals surface area contributed by atoms with E-state index in [1.807, 2.05) is 0 Å². The maximum atomic E-state index is 11.9. The smallest absolute Gasteiger partial charge is 0.361 e. The summed E-state index contributed by atoms with van der Waals surface area (Å²) < 4.78 is 159. The predicted molar refractivity (Wildman–Crippen MR) is 353 cm³/mol. The van der Waals surface area contributed by atoms with Crippen LogP contribution in [0, 0.1) is 0 Å². The first-order valence-corrected chi connectivity index (χ1v) is 35.5. The summed E-state index contributed by atoms with van der Waals surface area (Å²) in [6.07, 6.45) is 10.5. The molecule has 0 heterocycles. The molecule has 0 radical (unpaired) electrons. The number of sulfonamides is 3. The van der Waals surface area contributed by atoms with Gasteiger partial charge in [-0.15, -0.1) is 0 Å². The van der Waals surface area contributed by atoms with Gasteiger partial charge in [0.1, 0.15) is 14.7 Å². The van der Waals surface area contributed by atoms with Crippen LogP contribution in [-0.2, 0) is 82.6 Å². The van der Waals surface area contributed by atoms with Crippen LogP contribution in [0.2, 0.25) is 0 Å². The van der Waals surface area contributed by atoms with Gasteiger partial charge in [-0.3, -0.25) is 41.3 Å². The van der Waals surface area contributed by atoms with Crippen LogP contribution in [0.25, 0.3) is 47.3 Å². The summed E-state index contributed by atoms with van der Waals surface area (Å²) in [6, 6.07) is 25.1. The fraction of sp³-hybridized carbons (Fsp3) is 0.102. The first kappa shape index (κ1) is 78.6. The van der Waals surface area contributed by atoms with Crippen molar-refractivity contribution in [3.8, 4) is 0 Å². The highest BCUT2D eigenvalue weighted by Crippen LogP contribution is 2.34. The lowest BCUT2D eigenvalue weighted by molar-refractivity contribution is -0.113. The van der Waals surface area contributed by atoms with Gasteiger partial charge in [-0.1, -0.05) is 104 Å². The Morgan fingerprint density at radius 2 is 0.586 bits per heavy atom. The van der Waals surface area contributed by atoms with E-state index in [1.165, 1.54) is 63.6 Å². The topological polar surface area (TPSA) is 553 Å². The number of allylic oxidation sites excluding steroid dienone is 11. The van der Waals surface area contributed by atoms with Crippen molar-refractivity contribution < 1.29 is 116 Å². The van der Waals surface area contributed by atoms with Gasteiger partial charge in [0, 0.05) is 50.1 Å². The second-order valence-corrected chi connectivity index (χ2v) is 29.6. The van der Waals surface area contributed by atoms with E-state index in [4.69, 9.17) is 27.7 Å². The molecule has 10 rings (SSSR count). The Hall–Kier alpha value is -11.1. The Kier molecular flexibility index (Phi) is 26.0. The first-order chi connectivity index (χ1) is 46.5. The van der Waals surface area contributed by atoms with Gasteiger partial charge < -0.3 is 27.7 Å². The molecule has 0 saturated carbocycles. The maximum Gasteiger partial charge on any atom is 0.364 e. The lowest BCUT2D eigenvalue weighted by atomic mass is 9.93. The lowest BCUT2D eigenvalue weighted by Gasteiger charge is -2.17. The summed E-state index contributed by atoms with van der Waals surface area (Å²) in [7, 11) is -15.9. The van der Waals surface area contributed by atoms with Crippen molar-refractivity contribution in [1.82, 2.24) is 14.2 Å². The van der Waals surface area contributed by atoms with Crippen molar-refractivity contribution in [1.29, 1.82) is 0 Å². The SMILES string of the molecule is C=C1C=C(S(=O)(=O)NC)c2ccccc2C1=O.CNS(=O)(=O)C1=CC(=[N+]=[N-])C(=O)C=C1.CNS(=O)(=O)C1=CC(=[N+]=[N-])C(=O)c2ccccc21.COS(=O)(=O)C1=CC(=[N+]=[N-])C(=O)C=C1.COS(=O)(=O)C1=CC(=[N+]=[N-])C(=O)c2ccccc21.COS(=O)(=O)C1=CC(=[N+]=[N-])C(=O)c2ccccc21. The minimum Gasteiger partial charge on any atom is -0.361 e. The third-order valence-corrected chi connectivity index (χ3v) is 21.6. The first-order valence-electron chi connectivity index (χ1n) is 26.9. The van der Waals surface area contributed by atoms with E-state index in [0.29, 0.717) is 16.7 Å². The summed E-state index contributed by atoms with van der Waals surface area (Å²) in [6.45, 7) is 3.57. The molecule has 0 fully saturated rings. The average Bonchev–Trinajstić information content (AvgIpc) is 0.811. The number of ketones is 6. The Labute approximate surface area is 564 Å². The number of rotatable bonds is 12. The summed E-state index contributed by atoms with van der Waals surface area (Å²) in [4.78, 5) is 82.2. The number of nitrogens with zero attached hydrogens (tertiary/aromatic N) is 10. The molecule has 0 saturated heterocycles. The van der Waals surface area contributed by atoms with Crippen molar-refractivity contribution >= 4 is 143 Å². The van der Waals surface area contributed by atoms with Crippen LogP contribution >= 0.6 is 0 Å². The van der Waals surface area contributed by atoms with Gasteiger partial charge >= 0.3 is 28.6 Å². The highest BCUT2D eigenvalue weighted by Gasteiger charge is 2.38. The Balaban J connectivity index is 0.000000215. The Morgan fingerprint density at radius 3 is 0.889 bits per heavy atom. The number of hydrogen-bond acceptors (Lipinski definition) is 21. The van der Waals surface area contributed by atoms with Crippen LogP contribution in [0.4, 0.5) is 0 Å². The molecular weight excluding hydrogens is 1420 g/mol. The summed E-state index contributed by atoms with van der Waals surface area (Å²) >= 11 is 0. The van der Waals surface area contributed by atoms with E-state index in [0.717, 1.165) is 76.0 Å². The molecular formula is C59H49N13O21S6. The van der Waals surface area contributed by atoms with Gasteiger partial charge in [-0.05, 0) is 51.5 Å². The van der Waals surface area contributed by atoms with Crippen LogP contribution in [0.5, 0.6) is 0 Å². The number of benzene rings is 4. The zero-order valence-electron chi connectivity index (χ0n) is 51.7. The lowest BCUT2D eigenvalue weighted by Crippen LogP contribution is -2.27.